The molecule has 2 saturated heterocycles. The van der Waals surface area contributed by atoms with Crippen molar-refractivity contribution in [3.63, 3.8) is 0 Å². The Bertz CT molecular complexity index is 1460. The third kappa shape index (κ3) is 7.12. The maximum Gasteiger partial charge on any atom is 0.338 e. The Morgan fingerprint density at radius 3 is 2.23 bits per heavy atom. The molecule has 222 valence electrons. The minimum Gasteiger partial charge on any atom is -0.497 e. The van der Waals surface area contributed by atoms with Crippen LogP contribution in [0.3, 0.4) is 0 Å². The summed E-state index contributed by atoms with van der Waals surface area (Å²) in [6.45, 7) is 2.65. The van der Waals surface area contributed by atoms with E-state index >= 15 is 0 Å². The van der Waals surface area contributed by atoms with Crippen LogP contribution in [0.1, 0.15) is 33.3 Å². The van der Waals surface area contributed by atoms with Crippen LogP contribution >= 0.6 is 11.8 Å². The van der Waals surface area contributed by atoms with Gasteiger partial charge >= 0.3 is 5.97 Å². The van der Waals surface area contributed by atoms with E-state index in [1.807, 2.05) is 91.9 Å². The molecule has 4 aromatic carbocycles. The van der Waals surface area contributed by atoms with Gasteiger partial charge in [-0.15, -0.1) is 0 Å². The molecule has 0 bridgehead atoms. The van der Waals surface area contributed by atoms with Crippen LogP contribution in [0.15, 0.2) is 114 Å². The monoisotopic (exact) mass is 598 g/mol. The molecule has 2 aliphatic heterocycles. The van der Waals surface area contributed by atoms with Crippen LogP contribution in [0.4, 0.5) is 0 Å². The summed E-state index contributed by atoms with van der Waals surface area (Å²) < 4.78 is 37.5. The van der Waals surface area contributed by atoms with E-state index in [1.54, 1.807) is 19.2 Å². The van der Waals surface area contributed by atoms with Gasteiger partial charge in [0.25, 0.3) is 0 Å². The fraction of sp³-hybridized carbons (Fsp3) is 0.286. The molecule has 7 nitrogen and oxygen atoms in total. The van der Waals surface area contributed by atoms with Gasteiger partial charge in [-0.2, -0.15) is 0 Å². The molecule has 1 unspecified atom stereocenters. The molecule has 0 amide bonds. The average Bonchev–Trinajstić information content (AvgIpc) is 3.06. The fourth-order valence-electron chi connectivity index (χ4n) is 5.17. The van der Waals surface area contributed by atoms with Crippen LogP contribution in [0.5, 0.6) is 5.75 Å². The molecule has 0 spiro atoms. The molecular formula is C35H34O7S. The second-order valence-electron chi connectivity index (χ2n) is 10.5. The van der Waals surface area contributed by atoms with E-state index in [-0.39, 0.29) is 6.61 Å². The molecular weight excluding hydrogens is 564 g/mol. The van der Waals surface area contributed by atoms with Crippen molar-refractivity contribution in [1.82, 2.24) is 0 Å². The maximum atomic E-state index is 13.5. The van der Waals surface area contributed by atoms with Crippen molar-refractivity contribution in [3.8, 4) is 5.75 Å². The van der Waals surface area contributed by atoms with Gasteiger partial charge < -0.3 is 28.4 Å². The first-order valence-corrected chi connectivity index (χ1v) is 15.2. The molecule has 6 rings (SSSR count). The van der Waals surface area contributed by atoms with Gasteiger partial charge in [-0.1, -0.05) is 90.1 Å². The lowest BCUT2D eigenvalue weighted by Crippen LogP contribution is -2.62. The summed E-state index contributed by atoms with van der Waals surface area (Å²) in [6, 6.07) is 34.6. The van der Waals surface area contributed by atoms with Crippen LogP contribution in [-0.2, 0) is 30.3 Å². The average molecular weight is 599 g/mol. The molecule has 2 fully saturated rings. The van der Waals surface area contributed by atoms with Gasteiger partial charge in [-0.3, -0.25) is 0 Å². The van der Waals surface area contributed by atoms with Crippen molar-refractivity contribution in [2.75, 3.05) is 13.7 Å². The summed E-state index contributed by atoms with van der Waals surface area (Å²) in [5, 5.41) is 0. The first-order valence-electron chi connectivity index (χ1n) is 14.3. The third-order valence-electron chi connectivity index (χ3n) is 7.48. The first kappa shape index (κ1) is 29.4. The summed E-state index contributed by atoms with van der Waals surface area (Å²) in [5.41, 5.74) is 2.88. The normalized spacial score (nSPS) is 25.0. The summed E-state index contributed by atoms with van der Waals surface area (Å²) in [6.07, 6.45) is -3.07. The van der Waals surface area contributed by atoms with Crippen LogP contribution in [0, 0.1) is 6.92 Å². The third-order valence-corrected chi connectivity index (χ3v) is 8.64. The summed E-state index contributed by atoms with van der Waals surface area (Å²) in [5.74, 6) is 0.292. The second-order valence-corrected chi connectivity index (χ2v) is 11.7. The van der Waals surface area contributed by atoms with Crippen molar-refractivity contribution in [2.24, 2.45) is 0 Å². The predicted octanol–water partition coefficient (Wildman–Crippen LogP) is 6.75. The minimum absolute atomic E-state index is 0.289. The first-order chi connectivity index (χ1) is 21.1. The number of ether oxygens (including phenoxy) is 6. The van der Waals surface area contributed by atoms with E-state index < -0.39 is 42.1 Å². The Labute approximate surface area is 256 Å². The topological polar surface area (TPSA) is 72.5 Å². The summed E-state index contributed by atoms with van der Waals surface area (Å²) in [4.78, 5) is 14.5. The van der Waals surface area contributed by atoms with Crippen molar-refractivity contribution in [3.05, 3.63) is 131 Å². The number of hydrogen-bond donors (Lipinski definition) is 0. The van der Waals surface area contributed by atoms with Gasteiger partial charge in [0.15, 0.2) is 12.4 Å². The number of thioether (sulfide) groups is 1. The molecule has 2 aliphatic rings. The highest BCUT2D eigenvalue weighted by atomic mass is 32.2. The van der Waals surface area contributed by atoms with Crippen molar-refractivity contribution < 1.29 is 33.2 Å². The number of hydrogen-bond acceptors (Lipinski definition) is 8. The SMILES string of the molecule is COc1ccc(C2OC[C@H]3O[C@@H](Sc4ccc(C)cc4)[C@H](OC(=O)c4ccccc4)[C@@H](OCc4ccccc4)[C@@H]3O2)cc1. The lowest BCUT2D eigenvalue weighted by molar-refractivity contribution is -0.324. The quantitative estimate of drug-likeness (QED) is 0.196. The summed E-state index contributed by atoms with van der Waals surface area (Å²) >= 11 is 1.50. The highest BCUT2D eigenvalue weighted by Crippen LogP contribution is 2.42. The van der Waals surface area contributed by atoms with Gasteiger partial charge in [0.2, 0.25) is 0 Å². The van der Waals surface area contributed by atoms with Crippen molar-refractivity contribution in [1.29, 1.82) is 0 Å². The predicted molar refractivity (Wildman–Crippen MR) is 163 cm³/mol. The van der Waals surface area contributed by atoms with Crippen LogP contribution < -0.4 is 4.74 Å². The summed E-state index contributed by atoms with van der Waals surface area (Å²) in [7, 11) is 1.63. The van der Waals surface area contributed by atoms with Gasteiger partial charge in [0.1, 0.15) is 29.5 Å². The van der Waals surface area contributed by atoms with Crippen molar-refractivity contribution >= 4 is 17.7 Å². The van der Waals surface area contributed by atoms with E-state index in [0.29, 0.717) is 12.2 Å². The standard InChI is InChI=1S/C35H34O7S/c1-23-13-19-28(20-14-23)43-35-32(41-33(36)25-11-7-4-8-12-25)31(38-21-24-9-5-3-6-10-24)30-29(40-35)22-39-34(42-30)26-15-17-27(37-2)18-16-26/h3-20,29-32,34-35H,21-22H2,1-2H3/t29-,30-,31+,32-,34?,35+/m1/s1. The molecule has 0 N–H and O–H groups in total. The van der Waals surface area contributed by atoms with E-state index in [0.717, 1.165) is 27.3 Å². The number of carbonyl (C=O) groups is 1. The molecule has 4 aromatic rings. The van der Waals surface area contributed by atoms with Gasteiger partial charge in [0, 0.05) is 10.5 Å². The second kappa shape index (κ2) is 13.8. The fourth-order valence-corrected chi connectivity index (χ4v) is 6.27. The van der Waals surface area contributed by atoms with E-state index in [9.17, 15) is 4.79 Å². The van der Waals surface area contributed by atoms with Gasteiger partial charge in [0.05, 0.1) is 25.9 Å². The van der Waals surface area contributed by atoms with E-state index in [2.05, 4.69) is 12.1 Å². The number of benzene rings is 4. The highest BCUT2D eigenvalue weighted by Gasteiger charge is 2.52. The minimum atomic E-state index is -0.779. The number of methoxy groups -OCH3 is 1. The molecule has 0 saturated carbocycles. The number of aryl methyl sites for hydroxylation is 1. The van der Waals surface area contributed by atoms with E-state index in [4.69, 9.17) is 28.4 Å². The molecule has 0 aromatic heterocycles. The zero-order valence-corrected chi connectivity index (χ0v) is 24.9. The Hall–Kier alpha value is -3.66. The number of esters is 1. The van der Waals surface area contributed by atoms with Gasteiger partial charge in [-0.05, 0) is 48.9 Å². The lowest BCUT2D eigenvalue weighted by Gasteiger charge is -2.48. The molecule has 6 atom stereocenters. The van der Waals surface area contributed by atoms with Crippen LogP contribution in [0.25, 0.3) is 0 Å². The zero-order valence-electron chi connectivity index (χ0n) is 24.0. The molecule has 2 heterocycles. The molecule has 8 heteroatoms. The largest absolute Gasteiger partial charge is 0.497 e. The molecule has 0 radical (unpaired) electrons. The van der Waals surface area contributed by atoms with Crippen LogP contribution in [-0.4, -0.2) is 49.5 Å². The Kier molecular flexibility index (Phi) is 9.41. The Morgan fingerprint density at radius 1 is 0.837 bits per heavy atom. The highest BCUT2D eigenvalue weighted by molar-refractivity contribution is 7.99. The van der Waals surface area contributed by atoms with E-state index in [1.165, 1.54) is 11.8 Å². The smallest absolute Gasteiger partial charge is 0.338 e. The Morgan fingerprint density at radius 2 is 1.53 bits per heavy atom. The molecule has 0 aliphatic carbocycles. The Balaban J connectivity index is 1.32. The number of fused-ring (bicyclic) bond motifs is 1. The van der Waals surface area contributed by atoms with Crippen LogP contribution in [0.2, 0.25) is 0 Å². The van der Waals surface area contributed by atoms with Gasteiger partial charge in [-0.25, -0.2) is 4.79 Å². The zero-order chi connectivity index (χ0) is 29.6. The number of rotatable bonds is 9. The van der Waals surface area contributed by atoms with Crippen molar-refractivity contribution in [2.45, 2.75) is 54.6 Å². The lowest BCUT2D eigenvalue weighted by atomic mass is 9.98. The molecule has 43 heavy (non-hydrogen) atoms. The number of carbonyl (C=O) groups excluding carboxylic acids is 1. The maximum absolute atomic E-state index is 13.5.